The summed E-state index contributed by atoms with van der Waals surface area (Å²) in [7, 11) is 1.38. The summed E-state index contributed by atoms with van der Waals surface area (Å²) in [5.41, 5.74) is 0.621. The van der Waals surface area contributed by atoms with E-state index < -0.39 is 12.7 Å². The number of piperazine rings is 1. The third kappa shape index (κ3) is 3.80. The van der Waals surface area contributed by atoms with Crippen molar-refractivity contribution in [3.63, 3.8) is 0 Å². The maximum atomic E-state index is 12.4. The molecule has 0 amide bonds. The van der Waals surface area contributed by atoms with Crippen LogP contribution in [0.15, 0.2) is 18.2 Å². The number of hydrogen-bond acceptors (Lipinski definition) is 5. The Morgan fingerprint density at radius 3 is 2.57 bits per heavy atom. The highest BCUT2D eigenvalue weighted by Crippen LogP contribution is 2.33. The van der Waals surface area contributed by atoms with Crippen LogP contribution < -0.4 is 14.8 Å². The highest BCUT2D eigenvalue weighted by molar-refractivity contribution is 5.45. The molecule has 1 saturated heterocycles. The van der Waals surface area contributed by atoms with Gasteiger partial charge < -0.3 is 14.8 Å². The van der Waals surface area contributed by atoms with Gasteiger partial charge in [0.05, 0.1) is 13.2 Å². The second-order valence-electron chi connectivity index (χ2n) is 4.61. The van der Waals surface area contributed by atoms with Crippen LogP contribution in [0, 0.1) is 11.3 Å². The van der Waals surface area contributed by atoms with E-state index in [2.05, 4.69) is 16.1 Å². The average Bonchev–Trinajstić information content (AvgIpc) is 2.49. The highest BCUT2D eigenvalue weighted by atomic mass is 19.3. The Morgan fingerprint density at radius 2 is 2.00 bits per heavy atom. The smallest absolute Gasteiger partial charge is 0.387 e. The minimum atomic E-state index is -2.94. The van der Waals surface area contributed by atoms with Crippen LogP contribution >= 0.6 is 0 Å². The number of rotatable bonds is 5. The van der Waals surface area contributed by atoms with Crippen molar-refractivity contribution in [1.82, 2.24) is 10.2 Å². The van der Waals surface area contributed by atoms with Gasteiger partial charge in [-0.25, -0.2) is 0 Å². The second-order valence-corrected chi connectivity index (χ2v) is 4.61. The molecule has 0 spiro atoms. The minimum Gasteiger partial charge on any atom is -0.493 e. The molecule has 1 atom stereocenters. The summed E-state index contributed by atoms with van der Waals surface area (Å²) < 4.78 is 34.3. The molecule has 1 aromatic rings. The Hall–Kier alpha value is -1.91. The Labute approximate surface area is 122 Å². The van der Waals surface area contributed by atoms with E-state index in [1.807, 2.05) is 4.90 Å². The van der Waals surface area contributed by atoms with Crippen LogP contribution in [0.2, 0.25) is 0 Å². The summed E-state index contributed by atoms with van der Waals surface area (Å²) in [6.07, 6.45) is 0. The SMILES string of the molecule is COc1ccc(C(C#N)N2CCNCC2)cc1OC(F)F. The van der Waals surface area contributed by atoms with Crippen molar-refractivity contribution < 1.29 is 18.3 Å². The van der Waals surface area contributed by atoms with Crippen LogP contribution in [0.3, 0.4) is 0 Å². The number of halogens is 2. The number of alkyl halides is 2. The second kappa shape index (κ2) is 7.20. The summed E-state index contributed by atoms with van der Waals surface area (Å²) >= 11 is 0. The predicted molar refractivity (Wildman–Crippen MR) is 72.4 cm³/mol. The number of ether oxygens (including phenoxy) is 2. The first-order chi connectivity index (χ1) is 10.2. The van der Waals surface area contributed by atoms with Gasteiger partial charge in [-0.05, 0) is 17.7 Å². The minimum absolute atomic E-state index is 0.0552. The molecule has 0 bridgehead atoms. The lowest BCUT2D eigenvalue weighted by Gasteiger charge is -2.31. The van der Waals surface area contributed by atoms with Crippen molar-refractivity contribution in [3.8, 4) is 17.6 Å². The van der Waals surface area contributed by atoms with Gasteiger partial charge in [0, 0.05) is 26.2 Å². The first-order valence-electron chi connectivity index (χ1n) is 6.63. The van der Waals surface area contributed by atoms with Crippen LogP contribution in [0.25, 0.3) is 0 Å². The third-order valence-corrected chi connectivity index (χ3v) is 3.36. The van der Waals surface area contributed by atoms with Crippen molar-refractivity contribution in [2.75, 3.05) is 33.3 Å². The van der Waals surface area contributed by atoms with Gasteiger partial charge in [-0.2, -0.15) is 14.0 Å². The zero-order chi connectivity index (χ0) is 15.2. The topological polar surface area (TPSA) is 57.5 Å². The van der Waals surface area contributed by atoms with Crippen molar-refractivity contribution in [3.05, 3.63) is 23.8 Å². The van der Waals surface area contributed by atoms with E-state index in [1.165, 1.54) is 13.2 Å². The lowest BCUT2D eigenvalue weighted by atomic mass is 10.0. The number of hydrogen-bond donors (Lipinski definition) is 1. The first kappa shape index (κ1) is 15.5. The first-order valence-corrected chi connectivity index (χ1v) is 6.63. The van der Waals surface area contributed by atoms with Crippen LogP contribution in [0.1, 0.15) is 11.6 Å². The summed E-state index contributed by atoms with van der Waals surface area (Å²) in [6.45, 7) is 0.127. The summed E-state index contributed by atoms with van der Waals surface area (Å²) in [4.78, 5) is 2.00. The van der Waals surface area contributed by atoms with Gasteiger partial charge in [-0.1, -0.05) is 6.07 Å². The molecular weight excluding hydrogens is 280 g/mol. The molecule has 1 aliphatic heterocycles. The molecule has 1 N–H and O–H groups in total. The van der Waals surface area contributed by atoms with Gasteiger partial charge in [-0.3, -0.25) is 4.90 Å². The van der Waals surface area contributed by atoms with E-state index in [9.17, 15) is 14.0 Å². The Kier molecular flexibility index (Phi) is 5.31. The molecule has 2 rings (SSSR count). The lowest BCUT2D eigenvalue weighted by Crippen LogP contribution is -2.44. The van der Waals surface area contributed by atoms with Gasteiger partial charge in [-0.15, -0.1) is 0 Å². The van der Waals surface area contributed by atoms with E-state index in [-0.39, 0.29) is 11.5 Å². The maximum Gasteiger partial charge on any atom is 0.387 e. The molecule has 0 saturated carbocycles. The Bertz CT molecular complexity index is 513. The monoisotopic (exact) mass is 297 g/mol. The molecule has 0 radical (unpaired) electrons. The fourth-order valence-electron chi connectivity index (χ4n) is 2.36. The van der Waals surface area contributed by atoms with Gasteiger partial charge in [0.2, 0.25) is 0 Å². The van der Waals surface area contributed by atoms with Crippen LogP contribution in [0.5, 0.6) is 11.5 Å². The predicted octanol–water partition coefficient (Wildman–Crippen LogP) is 1.77. The number of methoxy groups -OCH3 is 1. The number of nitrogens with one attached hydrogen (secondary N) is 1. The molecule has 1 fully saturated rings. The molecule has 1 unspecified atom stereocenters. The summed E-state index contributed by atoms with van der Waals surface area (Å²) in [6, 6.07) is 6.42. The number of benzene rings is 1. The van der Waals surface area contributed by atoms with E-state index in [1.54, 1.807) is 12.1 Å². The Morgan fingerprint density at radius 1 is 1.29 bits per heavy atom. The van der Waals surface area contributed by atoms with Crippen molar-refractivity contribution in [2.45, 2.75) is 12.7 Å². The zero-order valence-electron chi connectivity index (χ0n) is 11.7. The summed E-state index contributed by atoms with van der Waals surface area (Å²) in [5, 5.41) is 12.6. The fourth-order valence-corrected chi connectivity index (χ4v) is 2.36. The van der Waals surface area contributed by atoms with Gasteiger partial charge >= 0.3 is 6.61 Å². The van der Waals surface area contributed by atoms with Crippen LogP contribution in [-0.4, -0.2) is 44.8 Å². The largest absolute Gasteiger partial charge is 0.493 e. The quantitative estimate of drug-likeness (QED) is 0.897. The molecule has 1 aromatic carbocycles. The van der Waals surface area contributed by atoms with E-state index in [0.29, 0.717) is 5.56 Å². The van der Waals surface area contributed by atoms with Crippen LogP contribution in [0.4, 0.5) is 8.78 Å². The van der Waals surface area contributed by atoms with Crippen molar-refractivity contribution >= 4 is 0 Å². The summed E-state index contributed by atoms with van der Waals surface area (Å²) in [5.74, 6) is 0.163. The number of nitrogens with zero attached hydrogens (tertiary/aromatic N) is 2. The molecule has 7 heteroatoms. The average molecular weight is 297 g/mol. The normalized spacial score (nSPS) is 17.3. The highest BCUT2D eigenvalue weighted by Gasteiger charge is 2.23. The molecule has 5 nitrogen and oxygen atoms in total. The number of nitriles is 1. The molecule has 0 aromatic heterocycles. The molecule has 114 valence electrons. The van der Waals surface area contributed by atoms with Crippen molar-refractivity contribution in [1.29, 1.82) is 5.26 Å². The fraction of sp³-hybridized carbons (Fsp3) is 0.500. The Balaban J connectivity index is 2.26. The van der Waals surface area contributed by atoms with E-state index >= 15 is 0 Å². The van der Waals surface area contributed by atoms with Gasteiger partial charge in [0.25, 0.3) is 0 Å². The molecule has 1 aliphatic rings. The van der Waals surface area contributed by atoms with E-state index in [0.717, 1.165) is 26.2 Å². The van der Waals surface area contributed by atoms with Gasteiger partial charge in [0.1, 0.15) is 6.04 Å². The zero-order valence-corrected chi connectivity index (χ0v) is 11.7. The maximum absolute atomic E-state index is 12.4. The van der Waals surface area contributed by atoms with Crippen LogP contribution in [-0.2, 0) is 0 Å². The lowest BCUT2D eigenvalue weighted by molar-refractivity contribution is -0.0512. The molecular formula is C14H17F2N3O2. The van der Waals surface area contributed by atoms with Crippen molar-refractivity contribution in [2.24, 2.45) is 0 Å². The molecule has 21 heavy (non-hydrogen) atoms. The van der Waals surface area contributed by atoms with Gasteiger partial charge in [0.15, 0.2) is 11.5 Å². The molecule has 1 heterocycles. The third-order valence-electron chi connectivity index (χ3n) is 3.36. The van der Waals surface area contributed by atoms with E-state index in [4.69, 9.17) is 4.74 Å². The molecule has 0 aliphatic carbocycles. The standard InChI is InChI=1S/C14H17F2N3O2/c1-20-12-3-2-10(8-13(12)21-14(15)16)11(9-17)19-6-4-18-5-7-19/h2-3,8,11,14,18H,4-7H2,1H3.